The van der Waals surface area contributed by atoms with Gasteiger partial charge in [0.25, 0.3) is 0 Å². The van der Waals surface area contributed by atoms with Crippen LogP contribution in [0.25, 0.3) is 0 Å². The van der Waals surface area contributed by atoms with E-state index in [1.54, 1.807) is 0 Å². The van der Waals surface area contributed by atoms with Crippen LogP contribution in [0.4, 0.5) is 5.69 Å². The van der Waals surface area contributed by atoms with Crippen molar-refractivity contribution in [2.24, 2.45) is 5.92 Å². The normalized spacial score (nSPS) is 22.8. The lowest BCUT2D eigenvalue weighted by Crippen LogP contribution is -2.45. The van der Waals surface area contributed by atoms with E-state index in [0.717, 1.165) is 49.9 Å². The van der Waals surface area contributed by atoms with Gasteiger partial charge in [0.2, 0.25) is 11.8 Å². The number of hydrogen-bond acceptors (Lipinski definition) is 3. The molecule has 0 saturated heterocycles. The van der Waals surface area contributed by atoms with Gasteiger partial charge in [0.15, 0.2) is 0 Å². The summed E-state index contributed by atoms with van der Waals surface area (Å²) in [5.74, 6) is -0.0941. The average molecular weight is 374 g/mol. The Kier molecular flexibility index (Phi) is 4.52. The van der Waals surface area contributed by atoms with Gasteiger partial charge in [-0.3, -0.25) is 14.5 Å². The number of imide groups is 1. The molecule has 2 aromatic carbocycles. The van der Waals surface area contributed by atoms with Gasteiger partial charge in [-0.2, -0.15) is 0 Å². The summed E-state index contributed by atoms with van der Waals surface area (Å²) in [4.78, 5) is 30.5. The van der Waals surface area contributed by atoms with Gasteiger partial charge in [0.05, 0.1) is 18.3 Å². The molecule has 1 fully saturated rings. The zero-order valence-electron chi connectivity index (χ0n) is 16.1. The third-order valence-corrected chi connectivity index (χ3v) is 6.62. The highest BCUT2D eigenvalue weighted by molar-refractivity contribution is 6.17. The highest BCUT2D eigenvalue weighted by Crippen LogP contribution is 2.42. The molecule has 0 aromatic heterocycles. The quantitative estimate of drug-likeness (QED) is 0.706. The Balaban J connectivity index is 1.61. The van der Waals surface area contributed by atoms with Gasteiger partial charge in [0.1, 0.15) is 0 Å². The van der Waals surface area contributed by atoms with Crippen LogP contribution in [0.15, 0.2) is 48.5 Å². The van der Waals surface area contributed by atoms with Gasteiger partial charge in [-0.25, -0.2) is 4.90 Å². The van der Waals surface area contributed by atoms with E-state index in [1.807, 2.05) is 18.2 Å². The van der Waals surface area contributed by atoms with Crippen LogP contribution in [0.3, 0.4) is 0 Å². The number of carbonyl (C=O) groups is 2. The highest BCUT2D eigenvalue weighted by Gasteiger charge is 2.40. The minimum Gasteiger partial charge on any atom is -0.283 e. The number of fused-ring (bicyclic) bond motifs is 5. The Morgan fingerprint density at radius 1 is 0.893 bits per heavy atom. The van der Waals surface area contributed by atoms with Crippen molar-refractivity contribution in [1.82, 2.24) is 4.90 Å². The number of carbonyl (C=O) groups excluding carboxylic acids is 2. The summed E-state index contributed by atoms with van der Waals surface area (Å²) in [7, 11) is 0. The summed E-state index contributed by atoms with van der Waals surface area (Å²) in [5.41, 5.74) is 4.47. The highest BCUT2D eigenvalue weighted by atomic mass is 16.2. The summed E-state index contributed by atoms with van der Waals surface area (Å²) < 4.78 is 0. The minimum atomic E-state index is -0.0788. The predicted octanol–water partition coefficient (Wildman–Crippen LogP) is 4.09. The fraction of sp³-hybridized carbons (Fsp3) is 0.417. The van der Waals surface area contributed by atoms with E-state index in [9.17, 15) is 9.59 Å². The summed E-state index contributed by atoms with van der Waals surface area (Å²) in [6, 6.07) is 16.6. The topological polar surface area (TPSA) is 40.6 Å². The van der Waals surface area contributed by atoms with Crippen LogP contribution in [-0.2, 0) is 16.0 Å². The molecule has 2 heterocycles. The van der Waals surface area contributed by atoms with Crippen molar-refractivity contribution in [2.75, 3.05) is 18.0 Å². The first-order chi connectivity index (χ1) is 13.7. The van der Waals surface area contributed by atoms with Gasteiger partial charge < -0.3 is 0 Å². The molecule has 2 aliphatic heterocycles. The zero-order valence-corrected chi connectivity index (χ0v) is 16.1. The maximum atomic E-state index is 13.4. The Bertz CT molecular complexity index is 916. The molecule has 0 spiro atoms. The van der Waals surface area contributed by atoms with Crippen molar-refractivity contribution in [1.29, 1.82) is 0 Å². The molecule has 4 nitrogen and oxygen atoms in total. The molecular weight excluding hydrogens is 348 g/mol. The van der Waals surface area contributed by atoms with Crippen LogP contribution >= 0.6 is 0 Å². The average Bonchev–Trinajstić information content (AvgIpc) is 2.87. The molecule has 4 heteroatoms. The molecule has 0 radical (unpaired) electrons. The van der Waals surface area contributed by atoms with Crippen LogP contribution in [0.1, 0.15) is 54.8 Å². The Morgan fingerprint density at radius 2 is 1.61 bits per heavy atom. The number of amides is 2. The van der Waals surface area contributed by atoms with Crippen LogP contribution < -0.4 is 4.90 Å². The fourth-order valence-corrected chi connectivity index (χ4v) is 5.23. The van der Waals surface area contributed by atoms with Gasteiger partial charge >= 0.3 is 0 Å². The van der Waals surface area contributed by atoms with Crippen molar-refractivity contribution >= 4 is 17.5 Å². The smallest absolute Gasteiger partial charge is 0.247 e. The second-order valence-electron chi connectivity index (χ2n) is 8.28. The molecule has 0 N–H and O–H groups in total. The molecule has 0 bridgehead atoms. The molecule has 2 amide bonds. The van der Waals surface area contributed by atoms with E-state index in [1.165, 1.54) is 22.4 Å². The summed E-state index contributed by atoms with van der Waals surface area (Å²) in [6.45, 7) is 1.14. The lowest BCUT2D eigenvalue weighted by atomic mass is 9.87. The molecular formula is C24H26N2O2. The van der Waals surface area contributed by atoms with E-state index in [4.69, 9.17) is 0 Å². The first kappa shape index (κ1) is 17.6. The number of nitrogens with zero attached hydrogens (tertiary/aromatic N) is 2. The van der Waals surface area contributed by atoms with Crippen molar-refractivity contribution in [3.8, 4) is 0 Å². The van der Waals surface area contributed by atoms with Gasteiger partial charge in [-0.05, 0) is 42.0 Å². The molecule has 1 aliphatic carbocycles. The van der Waals surface area contributed by atoms with E-state index >= 15 is 0 Å². The first-order valence-corrected chi connectivity index (χ1v) is 10.5. The standard InChI is InChI=1S/C24H26N2O2/c27-22-16-25-15-14-17-8-4-5-11-19(17)23(25)20-12-6-7-13-21(20)26(22)24(28)18-9-2-1-3-10-18/h4-8,11-13,18,23H,1-3,9-10,14-16H2. The Labute approximate surface area is 166 Å². The van der Waals surface area contributed by atoms with Crippen LogP contribution in [0.2, 0.25) is 0 Å². The minimum absolute atomic E-state index is 0.00489. The van der Waals surface area contributed by atoms with Gasteiger partial charge in [-0.1, -0.05) is 61.7 Å². The summed E-state index contributed by atoms with van der Waals surface area (Å²) >= 11 is 0. The third kappa shape index (κ3) is 2.87. The fourth-order valence-electron chi connectivity index (χ4n) is 5.23. The Morgan fingerprint density at radius 3 is 2.43 bits per heavy atom. The van der Waals surface area contributed by atoms with Crippen LogP contribution in [0.5, 0.6) is 0 Å². The monoisotopic (exact) mass is 374 g/mol. The van der Waals surface area contributed by atoms with E-state index in [-0.39, 0.29) is 23.8 Å². The number of rotatable bonds is 1. The van der Waals surface area contributed by atoms with Crippen molar-refractivity contribution in [3.05, 3.63) is 65.2 Å². The lowest BCUT2D eigenvalue weighted by molar-refractivity contribution is -0.129. The van der Waals surface area contributed by atoms with E-state index in [0.29, 0.717) is 6.54 Å². The van der Waals surface area contributed by atoms with Crippen molar-refractivity contribution < 1.29 is 9.59 Å². The SMILES string of the molecule is O=C1CN2CCc3ccccc3C2c2ccccc2N1C(=O)C1CCCCC1. The maximum Gasteiger partial charge on any atom is 0.247 e. The second kappa shape index (κ2) is 7.17. The van der Waals surface area contributed by atoms with Gasteiger partial charge in [-0.15, -0.1) is 0 Å². The van der Waals surface area contributed by atoms with Crippen molar-refractivity contribution in [3.63, 3.8) is 0 Å². The summed E-state index contributed by atoms with van der Waals surface area (Å²) in [6.07, 6.45) is 6.12. The Hall–Kier alpha value is -2.46. The van der Waals surface area contributed by atoms with Gasteiger partial charge in [0, 0.05) is 12.5 Å². The van der Waals surface area contributed by atoms with E-state index < -0.39 is 0 Å². The molecule has 3 aliphatic rings. The van der Waals surface area contributed by atoms with Crippen LogP contribution in [-0.4, -0.2) is 29.8 Å². The molecule has 2 aromatic rings. The number of para-hydroxylation sites is 1. The molecule has 28 heavy (non-hydrogen) atoms. The van der Waals surface area contributed by atoms with Crippen LogP contribution in [0, 0.1) is 5.92 Å². The molecule has 1 saturated carbocycles. The van der Waals surface area contributed by atoms with Crippen molar-refractivity contribution in [2.45, 2.75) is 44.6 Å². The molecule has 1 atom stereocenters. The number of hydrogen-bond donors (Lipinski definition) is 0. The summed E-state index contributed by atoms with van der Waals surface area (Å²) in [5, 5.41) is 0. The lowest BCUT2D eigenvalue weighted by Gasteiger charge is -2.35. The molecule has 1 unspecified atom stereocenters. The molecule has 5 rings (SSSR count). The predicted molar refractivity (Wildman–Crippen MR) is 109 cm³/mol. The number of anilines is 1. The zero-order chi connectivity index (χ0) is 19.1. The maximum absolute atomic E-state index is 13.4. The number of benzene rings is 2. The first-order valence-electron chi connectivity index (χ1n) is 10.5. The largest absolute Gasteiger partial charge is 0.283 e. The second-order valence-corrected chi connectivity index (χ2v) is 8.28. The molecule has 144 valence electrons. The third-order valence-electron chi connectivity index (χ3n) is 6.62. The van der Waals surface area contributed by atoms with E-state index in [2.05, 4.69) is 35.2 Å².